The summed E-state index contributed by atoms with van der Waals surface area (Å²) in [7, 11) is 1.38. The molecule has 3 heterocycles. The van der Waals surface area contributed by atoms with Gasteiger partial charge in [-0.2, -0.15) is 18.3 Å². The van der Waals surface area contributed by atoms with Crippen molar-refractivity contribution in [3.63, 3.8) is 0 Å². The average molecular weight is 747 g/mol. The van der Waals surface area contributed by atoms with Crippen molar-refractivity contribution < 1.29 is 51.3 Å². The zero-order valence-electron chi connectivity index (χ0n) is 30.8. The number of nitrogens with zero attached hydrogens (tertiary/aromatic N) is 2. The van der Waals surface area contributed by atoms with Crippen molar-refractivity contribution >= 4 is 23.4 Å². The van der Waals surface area contributed by atoms with E-state index >= 15 is 0 Å². The molecule has 3 aliphatic heterocycles. The van der Waals surface area contributed by atoms with E-state index in [2.05, 4.69) is 10.7 Å². The molecule has 15 heteroatoms. The molecule has 0 saturated carbocycles. The van der Waals surface area contributed by atoms with Gasteiger partial charge in [0.05, 0.1) is 32.1 Å². The number of nitrogens with one attached hydrogen (secondary N) is 2. The summed E-state index contributed by atoms with van der Waals surface area (Å²) >= 11 is 0. The minimum Gasteiger partial charge on any atom is -0.464 e. The van der Waals surface area contributed by atoms with Crippen molar-refractivity contribution in [1.82, 2.24) is 15.5 Å². The minimum absolute atomic E-state index is 0.121. The molecule has 0 unspecified atom stereocenters. The highest BCUT2D eigenvalue weighted by Gasteiger charge is 2.41. The highest BCUT2D eigenvalue weighted by Crippen LogP contribution is 2.40. The number of carbonyl (C=O) groups is 2. The molecule has 12 nitrogen and oxygen atoms in total. The molecular formula is C38H49F3N4O8. The summed E-state index contributed by atoms with van der Waals surface area (Å²) in [5.74, 6) is -0.491. The number of allylic oxidation sites excluding steroid dienone is 3. The summed E-state index contributed by atoms with van der Waals surface area (Å²) in [6.45, 7) is 7.89. The van der Waals surface area contributed by atoms with Gasteiger partial charge < -0.3 is 29.0 Å². The first kappa shape index (κ1) is 39.9. The van der Waals surface area contributed by atoms with Crippen molar-refractivity contribution in [1.29, 1.82) is 0 Å². The Hall–Kier alpha value is -4.31. The number of piperidine rings is 1. The van der Waals surface area contributed by atoms with Gasteiger partial charge in [0.2, 0.25) is 0 Å². The lowest BCUT2D eigenvalue weighted by Gasteiger charge is -2.39. The van der Waals surface area contributed by atoms with Crippen molar-refractivity contribution in [2.75, 3.05) is 39.0 Å². The Morgan fingerprint density at radius 2 is 1.83 bits per heavy atom. The number of hydrazine groups is 1. The Labute approximate surface area is 308 Å². The Morgan fingerprint density at radius 3 is 2.53 bits per heavy atom. The van der Waals surface area contributed by atoms with Crippen molar-refractivity contribution in [2.24, 2.45) is 0 Å². The van der Waals surface area contributed by atoms with Crippen LogP contribution in [0.3, 0.4) is 0 Å². The standard InChI is InChI=1S/C38H49F3N4O8/c1-6-51-35(46)32-17-14-27(20-44(32)36(47)53-37(2,3)4)42-31-16-15-28-29(30(31)23-50-21-25-11-8-7-9-12-25)22-49-18-10-13-26-19-33(38(39,40)41)43-45(34(26)28)52-24-48-5/h7-9,11-12,15-16,19,27,32,42-43H,6,10,13-14,17-18,20-24H2,1-5H3/t27-,32+/m1/s1. The number of rotatable bonds is 11. The summed E-state index contributed by atoms with van der Waals surface area (Å²) in [4.78, 5) is 33.5. The summed E-state index contributed by atoms with van der Waals surface area (Å²) in [5, 5.41) is 4.61. The normalized spacial score (nSPS) is 19.5. The maximum absolute atomic E-state index is 14.1. The van der Waals surface area contributed by atoms with Gasteiger partial charge in [-0.3, -0.25) is 10.3 Å². The van der Waals surface area contributed by atoms with Crippen LogP contribution in [0.25, 0.3) is 5.70 Å². The van der Waals surface area contributed by atoms with Crippen LogP contribution in [-0.2, 0) is 53.1 Å². The molecule has 2 aromatic rings. The molecular weight excluding hydrogens is 697 g/mol. The smallest absolute Gasteiger partial charge is 0.432 e. The van der Waals surface area contributed by atoms with Gasteiger partial charge >= 0.3 is 18.2 Å². The second kappa shape index (κ2) is 17.7. The van der Waals surface area contributed by atoms with Crippen LogP contribution in [0.2, 0.25) is 0 Å². The number of carbonyl (C=O) groups excluding carboxylic acids is 2. The number of amides is 1. The Balaban J connectivity index is 1.56. The number of hydrogen-bond donors (Lipinski definition) is 2. The molecule has 1 saturated heterocycles. The third-order valence-corrected chi connectivity index (χ3v) is 8.81. The largest absolute Gasteiger partial charge is 0.464 e. The maximum atomic E-state index is 14.1. The molecule has 53 heavy (non-hydrogen) atoms. The molecule has 1 fully saturated rings. The van der Waals surface area contributed by atoms with Crippen molar-refractivity contribution in [3.8, 4) is 0 Å². The monoisotopic (exact) mass is 746 g/mol. The lowest BCUT2D eigenvalue weighted by atomic mass is 9.92. The molecule has 0 spiro atoms. The number of esters is 1. The topological polar surface area (TPSA) is 120 Å². The number of alkyl halides is 3. The fraction of sp³-hybridized carbons (Fsp3) is 0.526. The zero-order chi connectivity index (χ0) is 38.2. The van der Waals surface area contributed by atoms with Crippen molar-refractivity contribution in [3.05, 3.63) is 82.1 Å². The minimum atomic E-state index is -4.66. The van der Waals surface area contributed by atoms with Gasteiger partial charge in [-0.15, -0.1) is 0 Å². The number of ether oxygens (including phenoxy) is 5. The number of likely N-dealkylation sites (tertiary alicyclic amines) is 1. The molecule has 2 aromatic carbocycles. The third kappa shape index (κ3) is 10.4. The first-order chi connectivity index (χ1) is 25.3. The molecule has 5 rings (SSSR count). The highest BCUT2D eigenvalue weighted by atomic mass is 19.4. The molecule has 2 atom stereocenters. The number of fused-ring (bicyclic) bond motifs is 2. The summed E-state index contributed by atoms with van der Waals surface area (Å²) in [6.07, 6.45) is -2.52. The molecule has 2 N–H and O–H groups in total. The Bertz CT molecular complexity index is 1640. The van der Waals surface area contributed by atoms with E-state index in [0.717, 1.165) is 22.4 Å². The van der Waals surface area contributed by atoms with Gasteiger partial charge in [-0.1, -0.05) is 36.4 Å². The molecule has 0 aliphatic carbocycles. The number of hydroxylamine groups is 1. The van der Waals surface area contributed by atoms with Crippen LogP contribution in [0.4, 0.5) is 23.7 Å². The van der Waals surface area contributed by atoms with Crippen LogP contribution in [0.1, 0.15) is 75.6 Å². The molecule has 0 aromatic heterocycles. The third-order valence-electron chi connectivity index (χ3n) is 8.81. The first-order valence-electron chi connectivity index (χ1n) is 17.8. The number of halogens is 3. The molecule has 0 bridgehead atoms. The van der Waals surface area contributed by atoms with Crippen LogP contribution in [0.15, 0.2) is 59.8 Å². The van der Waals surface area contributed by atoms with E-state index in [9.17, 15) is 22.8 Å². The second-order valence-electron chi connectivity index (χ2n) is 13.9. The van der Waals surface area contributed by atoms with E-state index in [1.54, 1.807) is 27.7 Å². The van der Waals surface area contributed by atoms with Crippen LogP contribution in [0, 0.1) is 0 Å². The lowest BCUT2D eigenvalue weighted by Crippen LogP contribution is -2.55. The van der Waals surface area contributed by atoms with E-state index < -0.39 is 35.6 Å². The van der Waals surface area contributed by atoms with E-state index in [1.165, 1.54) is 12.0 Å². The van der Waals surface area contributed by atoms with Gasteiger partial charge in [0.25, 0.3) is 0 Å². The van der Waals surface area contributed by atoms with E-state index in [-0.39, 0.29) is 39.2 Å². The van der Waals surface area contributed by atoms with Gasteiger partial charge in [0.1, 0.15) is 17.3 Å². The van der Waals surface area contributed by atoms with Crippen molar-refractivity contribution in [2.45, 2.75) is 97.1 Å². The fourth-order valence-electron chi connectivity index (χ4n) is 6.47. The summed E-state index contributed by atoms with van der Waals surface area (Å²) < 4.78 is 70.7. The first-order valence-corrected chi connectivity index (χ1v) is 17.8. The summed E-state index contributed by atoms with van der Waals surface area (Å²) in [6, 6.07) is 12.2. The number of methoxy groups -OCH3 is 1. The van der Waals surface area contributed by atoms with Gasteiger partial charge in [0, 0.05) is 43.1 Å². The maximum Gasteiger partial charge on any atom is 0.432 e. The van der Waals surface area contributed by atoms with Crippen LogP contribution >= 0.6 is 0 Å². The number of benzene rings is 2. The van der Waals surface area contributed by atoms with E-state index in [0.29, 0.717) is 67.0 Å². The Morgan fingerprint density at radius 1 is 1.06 bits per heavy atom. The zero-order valence-corrected chi connectivity index (χ0v) is 30.8. The second-order valence-corrected chi connectivity index (χ2v) is 13.9. The number of hydrogen-bond acceptors (Lipinski definition) is 11. The quantitative estimate of drug-likeness (QED) is 0.183. The summed E-state index contributed by atoms with van der Waals surface area (Å²) in [5.41, 5.74) is 5.11. The van der Waals surface area contributed by atoms with Crippen LogP contribution in [0.5, 0.6) is 0 Å². The van der Waals surface area contributed by atoms with E-state index in [1.807, 2.05) is 42.5 Å². The molecule has 290 valence electrons. The van der Waals surface area contributed by atoms with Crippen LogP contribution in [-0.4, -0.2) is 79.7 Å². The number of anilines is 1. The molecule has 3 aliphatic rings. The highest BCUT2D eigenvalue weighted by molar-refractivity contribution is 5.82. The average Bonchev–Trinajstić information content (AvgIpc) is 3.19. The van der Waals surface area contributed by atoms with Gasteiger partial charge in [-0.05, 0) is 82.2 Å². The molecule has 1 amide bonds. The van der Waals surface area contributed by atoms with Crippen LogP contribution < -0.4 is 10.7 Å². The van der Waals surface area contributed by atoms with Gasteiger partial charge in [-0.25, -0.2) is 14.4 Å². The lowest BCUT2D eigenvalue weighted by molar-refractivity contribution is -0.214. The van der Waals surface area contributed by atoms with E-state index in [4.69, 9.17) is 28.5 Å². The SMILES string of the molecule is CCOC(=O)[C@@H]1CC[C@@H](Nc2ccc3c(c2COCc2ccccc2)COCCCC2=C3N(OCOC)NC(C(F)(F)F)=C2)CN1C(=O)OC(C)(C)C. The predicted molar refractivity (Wildman–Crippen MR) is 189 cm³/mol. The fourth-order valence-corrected chi connectivity index (χ4v) is 6.47. The predicted octanol–water partition coefficient (Wildman–Crippen LogP) is 6.97. The Kier molecular flexibility index (Phi) is 13.3. The molecule has 0 radical (unpaired) electrons. The van der Waals surface area contributed by atoms with Gasteiger partial charge in [0.15, 0.2) is 6.79 Å².